The van der Waals surface area contributed by atoms with Crippen LogP contribution < -0.4 is 5.32 Å². The lowest BCUT2D eigenvalue weighted by molar-refractivity contribution is -0.144. The minimum Gasteiger partial charge on any atom is -0.468 e. The minimum absolute atomic E-state index is 0.116. The summed E-state index contributed by atoms with van der Waals surface area (Å²) in [6.07, 6.45) is 0.730. The van der Waals surface area contributed by atoms with Crippen LogP contribution in [0.15, 0.2) is 30.3 Å². The van der Waals surface area contributed by atoms with E-state index >= 15 is 0 Å². The molecule has 0 saturated heterocycles. The monoisotopic (exact) mass is 263 g/mol. The van der Waals surface area contributed by atoms with Crippen LogP contribution >= 0.6 is 0 Å². The van der Waals surface area contributed by atoms with Crippen LogP contribution in [0.25, 0.3) is 0 Å². The molecular weight excluding hydrogens is 238 g/mol. The molecule has 0 radical (unpaired) electrons. The first kappa shape index (κ1) is 15.7. The summed E-state index contributed by atoms with van der Waals surface area (Å²) in [7, 11) is 1.44. The van der Waals surface area contributed by atoms with Crippen molar-refractivity contribution >= 4 is 5.97 Å². The summed E-state index contributed by atoms with van der Waals surface area (Å²) >= 11 is 0. The lowest BCUT2D eigenvalue weighted by Gasteiger charge is -2.28. The third-order valence-electron chi connectivity index (χ3n) is 3.05. The standard InChI is InChI=1S/C16H25NO2/c1-12(13-9-7-6-8-10-13)11-14(15(18)19-5)17-16(2,3)4/h6-10,12,14,17H,11H2,1-5H3. The number of hydrogen-bond donors (Lipinski definition) is 1. The van der Waals surface area contributed by atoms with Gasteiger partial charge in [0.15, 0.2) is 0 Å². The van der Waals surface area contributed by atoms with Gasteiger partial charge in [-0.25, -0.2) is 0 Å². The predicted octanol–water partition coefficient (Wildman–Crippen LogP) is 3.11. The maximum absolute atomic E-state index is 11.9. The van der Waals surface area contributed by atoms with Crippen LogP contribution in [-0.2, 0) is 9.53 Å². The van der Waals surface area contributed by atoms with Gasteiger partial charge in [-0.05, 0) is 38.7 Å². The molecule has 0 fully saturated rings. The highest BCUT2D eigenvalue weighted by Crippen LogP contribution is 2.21. The normalized spacial score (nSPS) is 14.8. The zero-order valence-electron chi connectivity index (χ0n) is 12.6. The maximum Gasteiger partial charge on any atom is 0.322 e. The largest absolute Gasteiger partial charge is 0.468 e. The van der Waals surface area contributed by atoms with Crippen molar-refractivity contribution in [1.82, 2.24) is 5.32 Å². The first-order valence-corrected chi connectivity index (χ1v) is 6.74. The van der Waals surface area contributed by atoms with Crippen LogP contribution in [0.2, 0.25) is 0 Å². The molecule has 0 aliphatic carbocycles. The molecule has 3 nitrogen and oxygen atoms in total. The van der Waals surface area contributed by atoms with Crippen molar-refractivity contribution in [3.8, 4) is 0 Å². The van der Waals surface area contributed by atoms with E-state index in [0.29, 0.717) is 5.92 Å². The minimum atomic E-state index is -0.278. The second-order valence-electron chi connectivity index (χ2n) is 6.02. The van der Waals surface area contributed by atoms with Gasteiger partial charge in [0.2, 0.25) is 0 Å². The van der Waals surface area contributed by atoms with E-state index in [4.69, 9.17) is 4.74 Å². The third kappa shape index (κ3) is 5.43. The molecule has 1 aromatic carbocycles. The highest BCUT2D eigenvalue weighted by molar-refractivity contribution is 5.75. The zero-order chi connectivity index (χ0) is 14.5. The summed E-state index contributed by atoms with van der Waals surface area (Å²) in [5, 5.41) is 3.33. The number of ether oxygens (including phenoxy) is 1. The molecule has 106 valence electrons. The average molecular weight is 263 g/mol. The first-order valence-electron chi connectivity index (χ1n) is 6.74. The van der Waals surface area contributed by atoms with Crippen LogP contribution in [-0.4, -0.2) is 24.7 Å². The van der Waals surface area contributed by atoms with E-state index < -0.39 is 0 Å². The molecule has 0 aromatic heterocycles. The van der Waals surface area contributed by atoms with E-state index in [0.717, 1.165) is 6.42 Å². The van der Waals surface area contributed by atoms with Gasteiger partial charge in [0.1, 0.15) is 6.04 Å². The van der Waals surface area contributed by atoms with Gasteiger partial charge in [0.05, 0.1) is 7.11 Å². The molecule has 1 N–H and O–H groups in total. The molecule has 1 rings (SSSR count). The molecule has 19 heavy (non-hydrogen) atoms. The average Bonchev–Trinajstić information content (AvgIpc) is 2.36. The van der Waals surface area contributed by atoms with E-state index in [1.165, 1.54) is 12.7 Å². The van der Waals surface area contributed by atoms with Crippen LogP contribution in [0, 0.1) is 0 Å². The number of hydrogen-bond acceptors (Lipinski definition) is 3. The number of benzene rings is 1. The Hall–Kier alpha value is -1.35. The fourth-order valence-corrected chi connectivity index (χ4v) is 2.15. The van der Waals surface area contributed by atoms with Gasteiger partial charge in [0.25, 0.3) is 0 Å². The van der Waals surface area contributed by atoms with Crippen LogP contribution in [0.1, 0.15) is 45.6 Å². The summed E-state index contributed by atoms with van der Waals surface area (Å²) in [6.45, 7) is 8.29. The fraction of sp³-hybridized carbons (Fsp3) is 0.562. The van der Waals surface area contributed by atoms with Crippen molar-refractivity contribution in [3.63, 3.8) is 0 Å². The molecule has 0 spiro atoms. The van der Waals surface area contributed by atoms with Crippen molar-refractivity contribution in [2.75, 3.05) is 7.11 Å². The molecule has 0 aliphatic heterocycles. The fourth-order valence-electron chi connectivity index (χ4n) is 2.15. The van der Waals surface area contributed by atoms with Crippen LogP contribution in [0.5, 0.6) is 0 Å². The van der Waals surface area contributed by atoms with Gasteiger partial charge in [-0.1, -0.05) is 37.3 Å². The summed E-state index contributed by atoms with van der Waals surface area (Å²) in [6, 6.07) is 9.96. The molecule has 1 aromatic rings. The summed E-state index contributed by atoms with van der Waals surface area (Å²) in [5.74, 6) is 0.109. The topological polar surface area (TPSA) is 38.3 Å². The molecule has 0 aliphatic rings. The number of methoxy groups -OCH3 is 1. The molecule has 0 bridgehead atoms. The van der Waals surface area contributed by atoms with Gasteiger partial charge < -0.3 is 4.74 Å². The first-order chi connectivity index (χ1) is 8.83. The maximum atomic E-state index is 11.9. The molecule has 2 atom stereocenters. The Bertz CT molecular complexity index is 395. The number of nitrogens with one attached hydrogen (secondary N) is 1. The van der Waals surface area contributed by atoms with E-state index in [2.05, 4.69) is 45.1 Å². The summed E-state index contributed by atoms with van der Waals surface area (Å²) in [5.41, 5.74) is 1.13. The van der Waals surface area contributed by atoms with Crippen molar-refractivity contribution in [2.24, 2.45) is 0 Å². The number of esters is 1. The Labute approximate surface area is 116 Å². The number of rotatable bonds is 5. The summed E-state index contributed by atoms with van der Waals surface area (Å²) in [4.78, 5) is 11.9. The van der Waals surface area contributed by atoms with E-state index in [1.54, 1.807) is 0 Å². The second-order valence-corrected chi connectivity index (χ2v) is 6.02. The zero-order valence-corrected chi connectivity index (χ0v) is 12.6. The van der Waals surface area contributed by atoms with Crippen molar-refractivity contribution < 1.29 is 9.53 Å². The van der Waals surface area contributed by atoms with Gasteiger partial charge in [-0.15, -0.1) is 0 Å². The van der Waals surface area contributed by atoms with Gasteiger partial charge in [0, 0.05) is 5.54 Å². The molecular formula is C16H25NO2. The summed E-state index contributed by atoms with van der Waals surface area (Å²) < 4.78 is 4.89. The molecule has 3 heteroatoms. The van der Waals surface area contributed by atoms with Crippen molar-refractivity contribution in [1.29, 1.82) is 0 Å². The Balaban J connectivity index is 2.75. The molecule has 0 heterocycles. The Kier molecular flexibility index (Phi) is 5.55. The van der Waals surface area contributed by atoms with Crippen molar-refractivity contribution in [2.45, 2.75) is 51.6 Å². The number of carbonyl (C=O) groups is 1. The van der Waals surface area contributed by atoms with E-state index in [9.17, 15) is 4.79 Å². The predicted molar refractivity (Wildman–Crippen MR) is 78.2 cm³/mol. The molecule has 0 amide bonds. The van der Waals surface area contributed by atoms with Crippen LogP contribution in [0.4, 0.5) is 0 Å². The van der Waals surface area contributed by atoms with Gasteiger partial charge >= 0.3 is 5.97 Å². The quantitative estimate of drug-likeness (QED) is 0.830. The second kappa shape index (κ2) is 6.71. The Morgan fingerprint density at radius 1 is 1.26 bits per heavy atom. The van der Waals surface area contributed by atoms with Crippen LogP contribution in [0.3, 0.4) is 0 Å². The third-order valence-corrected chi connectivity index (χ3v) is 3.05. The molecule has 2 unspecified atom stereocenters. The SMILES string of the molecule is COC(=O)C(CC(C)c1ccccc1)NC(C)(C)C. The highest BCUT2D eigenvalue weighted by Gasteiger charge is 2.26. The Morgan fingerprint density at radius 2 is 1.84 bits per heavy atom. The Morgan fingerprint density at radius 3 is 2.32 bits per heavy atom. The lowest BCUT2D eigenvalue weighted by atomic mass is 9.92. The smallest absolute Gasteiger partial charge is 0.322 e. The van der Waals surface area contributed by atoms with E-state index in [1.807, 2.05) is 18.2 Å². The molecule has 0 saturated carbocycles. The van der Waals surface area contributed by atoms with E-state index in [-0.39, 0.29) is 17.6 Å². The number of carbonyl (C=O) groups excluding carboxylic acids is 1. The van der Waals surface area contributed by atoms with Crippen molar-refractivity contribution in [3.05, 3.63) is 35.9 Å². The lowest BCUT2D eigenvalue weighted by Crippen LogP contribution is -2.48. The van der Waals surface area contributed by atoms with Gasteiger partial charge in [-0.3, -0.25) is 10.1 Å². The van der Waals surface area contributed by atoms with Gasteiger partial charge in [-0.2, -0.15) is 0 Å². The highest BCUT2D eigenvalue weighted by atomic mass is 16.5.